The molecule has 11 nitrogen and oxygen atoms in total. The number of hydrogen-bond acceptors (Lipinski definition) is 9. The summed E-state index contributed by atoms with van der Waals surface area (Å²) in [5.74, 6) is -0.342. The van der Waals surface area contributed by atoms with E-state index in [0.717, 1.165) is 0 Å². The molecule has 41 heavy (non-hydrogen) atoms. The van der Waals surface area contributed by atoms with Crippen molar-refractivity contribution in [2.24, 2.45) is 0 Å². The lowest BCUT2D eigenvalue weighted by molar-refractivity contribution is -0.145. The molecule has 0 bridgehead atoms. The monoisotopic (exact) mass is 601 g/mol. The van der Waals surface area contributed by atoms with Crippen molar-refractivity contribution >= 4 is 23.6 Å². The smallest absolute Gasteiger partial charge is 0.251 e. The quantitative estimate of drug-likeness (QED) is 0.0891. The molecule has 1 heterocycles. The highest BCUT2D eigenvalue weighted by Gasteiger charge is 2.29. The molecular weight excluding hydrogens is 550 g/mol. The number of aromatic nitrogens is 1. The van der Waals surface area contributed by atoms with Crippen LogP contribution in [0.5, 0.6) is 11.8 Å². The van der Waals surface area contributed by atoms with Crippen molar-refractivity contribution in [1.82, 2.24) is 15.2 Å². The van der Waals surface area contributed by atoms with Gasteiger partial charge in [-0.25, -0.2) is 0 Å². The minimum absolute atomic E-state index is 0.0121. The minimum atomic E-state index is -0.948. The Balaban J connectivity index is 2.09. The summed E-state index contributed by atoms with van der Waals surface area (Å²) >= 11 is 1.45. The first-order valence-corrected chi connectivity index (χ1v) is 15.0. The number of nitrogens with one attached hydrogen (secondary N) is 2. The molecule has 0 saturated heterocycles. The number of rotatable bonds is 22. The van der Waals surface area contributed by atoms with Gasteiger partial charge in [-0.05, 0) is 54.4 Å². The number of carbonyl (C=O) groups excluding carboxylic acids is 2. The Hall–Kier alpha value is -2.25. The highest BCUT2D eigenvalue weighted by atomic mass is 32.2. The van der Waals surface area contributed by atoms with E-state index in [0.29, 0.717) is 70.4 Å². The number of nitrogens with zero attached hydrogens (tertiary/aromatic N) is 1. The minimum Gasteiger partial charge on any atom is -0.494 e. The average Bonchev–Trinajstić information content (AvgIpc) is 3.16. The summed E-state index contributed by atoms with van der Waals surface area (Å²) in [6, 6.07) is 1.54. The first-order valence-electron chi connectivity index (χ1n) is 14.1. The predicted molar refractivity (Wildman–Crippen MR) is 161 cm³/mol. The maximum absolute atomic E-state index is 12.4. The van der Waals surface area contributed by atoms with Gasteiger partial charge in [-0.2, -0.15) is 0 Å². The van der Waals surface area contributed by atoms with Crippen molar-refractivity contribution in [2.45, 2.75) is 88.7 Å². The molecule has 0 aromatic carbocycles. The molecule has 2 amide bonds. The third-order valence-corrected chi connectivity index (χ3v) is 7.40. The number of aromatic hydroxyl groups is 2. The van der Waals surface area contributed by atoms with E-state index >= 15 is 0 Å². The number of hydrogen-bond donors (Lipinski definition) is 4. The Kier molecular flexibility index (Phi) is 17.1. The molecule has 12 heteroatoms. The van der Waals surface area contributed by atoms with Crippen molar-refractivity contribution in [2.75, 3.05) is 53.2 Å². The molecule has 0 fully saturated rings. The van der Waals surface area contributed by atoms with E-state index < -0.39 is 5.60 Å². The van der Waals surface area contributed by atoms with Gasteiger partial charge in [0.1, 0.15) is 5.60 Å². The van der Waals surface area contributed by atoms with Crippen LogP contribution in [0.15, 0.2) is 23.1 Å². The average molecular weight is 602 g/mol. The van der Waals surface area contributed by atoms with Crippen LogP contribution in [0.2, 0.25) is 0 Å². The molecule has 4 N–H and O–H groups in total. The van der Waals surface area contributed by atoms with Gasteiger partial charge in [0.15, 0.2) is 5.88 Å². The van der Waals surface area contributed by atoms with Crippen LogP contribution in [-0.4, -0.2) is 96.3 Å². The van der Waals surface area contributed by atoms with Gasteiger partial charge in [0, 0.05) is 44.5 Å². The standard InChI is InChI=1S/C29H51N3O8S/c1-8-10-22(2)41-23-21-25(34)32(26(23)35)15-9-11-24(33)30-13-17-38-19-20-39-18-14-31-27(36)29(5,6)40-16-12-28(3,4)37-7/h8,10,21-22,34-35H,9,11-20H2,1-7H3,(H,30,33)(H,31,36). The molecule has 0 spiro atoms. The Morgan fingerprint density at radius 3 is 2.29 bits per heavy atom. The lowest BCUT2D eigenvalue weighted by Crippen LogP contribution is -2.46. The van der Waals surface area contributed by atoms with Gasteiger partial charge in [-0.15, -0.1) is 11.8 Å². The zero-order valence-corrected chi connectivity index (χ0v) is 26.6. The molecule has 1 atom stereocenters. The number of allylic oxidation sites excluding steroid dienone is 1. The van der Waals surface area contributed by atoms with Crippen molar-refractivity contribution in [3.8, 4) is 11.8 Å². The topological polar surface area (TPSA) is 141 Å². The van der Waals surface area contributed by atoms with Gasteiger partial charge in [0.2, 0.25) is 11.8 Å². The summed E-state index contributed by atoms with van der Waals surface area (Å²) in [6.45, 7) is 14.2. The van der Waals surface area contributed by atoms with Crippen molar-refractivity contribution < 1.29 is 38.7 Å². The molecule has 1 aromatic heterocycles. The summed E-state index contributed by atoms with van der Waals surface area (Å²) in [4.78, 5) is 25.1. The van der Waals surface area contributed by atoms with Gasteiger partial charge < -0.3 is 39.8 Å². The Labute approximate surface area is 249 Å². The van der Waals surface area contributed by atoms with Gasteiger partial charge in [-0.3, -0.25) is 14.2 Å². The lowest BCUT2D eigenvalue weighted by atomic mass is 10.1. The van der Waals surface area contributed by atoms with Crippen LogP contribution in [0.3, 0.4) is 0 Å². The second-order valence-corrected chi connectivity index (χ2v) is 12.1. The SMILES string of the molecule is CC=CC(C)Sc1cc(O)n(CCCC(=O)NCCOCCOCCNC(=O)C(C)(C)OCCC(C)(C)OC)c1O. The molecule has 0 saturated carbocycles. The Morgan fingerprint density at radius 1 is 1.05 bits per heavy atom. The zero-order chi connectivity index (χ0) is 30.9. The fraction of sp³-hybridized carbons (Fsp3) is 0.724. The number of carbonyl (C=O) groups is 2. The van der Waals surface area contributed by atoms with Crippen LogP contribution in [0.4, 0.5) is 0 Å². The summed E-state index contributed by atoms with van der Waals surface area (Å²) in [6.07, 6.45) is 5.36. The van der Waals surface area contributed by atoms with E-state index in [9.17, 15) is 19.8 Å². The predicted octanol–water partition coefficient (Wildman–Crippen LogP) is 3.61. The van der Waals surface area contributed by atoms with E-state index in [2.05, 4.69) is 10.6 Å². The van der Waals surface area contributed by atoms with Crippen LogP contribution in [-0.2, 0) is 35.1 Å². The van der Waals surface area contributed by atoms with E-state index in [1.165, 1.54) is 16.3 Å². The van der Waals surface area contributed by atoms with Crippen LogP contribution in [0.1, 0.15) is 60.8 Å². The summed E-state index contributed by atoms with van der Waals surface area (Å²) in [5, 5.41) is 26.3. The molecule has 236 valence electrons. The Bertz CT molecular complexity index is 949. The van der Waals surface area contributed by atoms with Crippen LogP contribution in [0.25, 0.3) is 0 Å². The Morgan fingerprint density at radius 2 is 1.68 bits per heavy atom. The van der Waals surface area contributed by atoms with Gasteiger partial charge in [0.05, 0.1) is 43.5 Å². The van der Waals surface area contributed by atoms with Crippen LogP contribution < -0.4 is 10.6 Å². The summed E-state index contributed by atoms with van der Waals surface area (Å²) in [5.41, 5.74) is -1.25. The number of thioether (sulfide) groups is 1. The molecule has 1 aromatic rings. The molecule has 0 aliphatic heterocycles. The fourth-order valence-corrected chi connectivity index (χ4v) is 4.58. The van der Waals surface area contributed by atoms with Crippen LogP contribution in [0, 0.1) is 0 Å². The molecule has 1 rings (SSSR count). The van der Waals surface area contributed by atoms with Crippen LogP contribution >= 0.6 is 11.8 Å². The second-order valence-electron chi connectivity index (χ2n) is 10.7. The second kappa shape index (κ2) is 19.0. The van der Waals surface area contributed by atoms with E-state index in [-0.39, 0.29) is 40.8 Å². The first kappa shape index (κ1) is 36.8. The molecular formula is C29H51N3O8S. The molecule has 0 aliphatic rings. The van der Waals surface area contributed by atoms with E-state index in [4.69, 9.17) is 18.9 Å². The normalized spacial score (nSPS) is 13.0. The molecule has 0 aliphatic carbocycles. The third kappa shape index (κ3) is 15.0. The van der Waals surface area contributed by atoms with Gasteiger partial charge >= 0.3 is 0 Å². The highest BCUT2D eigenvalue weighted by molar-refractivity contribution is 8.00. The van der Waals surface area contributed by atoms with Crippen molar-refractivity contribution in [3.05, 3.63) is 18.2 Å². The number of amides is 2. The van der Waals surface area contributed by atoms with Gasteiger partial charge in [0.25, 0.3) is 5.91 Å². The van der Waals surface area contributed by atoms with E-state index in [1.54, 1.807) is 27.0 Å². The fourth-order valence-electron chi connectivity index (χ4n) is 3.56. The maximum atomic E-state index is 12.4. The van der Waals surface area contributed by atoms with Crippen molar-refractivity contribution in [3.63, 3.8) is 0 Å². The van der Waals surface area contributed by atoms with E-state index in [1.807, 2.05) is 39.8 Å². The number of methoxy groups -OCH3 is 1. The first-order chi connectivity index (χ1) is 19.3. The van der Waals surface area contributed by atoms with Crippen molar-refractivity contribution in [1.29, 1.82) is 0 Å². The zero-order valence-electron chi connectivity index (χ0n) is 25.8. The highest BCUT2D eigenvalue weighted by Crippen LogP contribution is 2.38. The van der Waals surface area contributed by atoms with Gasteiger partial charge in [-0.1, -0.05) is 12.2 Å². The third-order valence-electron chi connectivity index (χ3n) is 6.31. The molecule has 1 unspecified atom stereocenters. The maximum Gasteiger partial charge on any atom is 0.251 e. The lowest BCUT2D eigenvalue weighted by Gasteiger charge is -2.28. The summed E-state index contributed by atoms with van der Waals surface area (Å²) in [7, 11) is 1.65. The molecule has 0 radical (unpaired) electrons. The number of ether oxygens (including phenoxy) is 4. The largest absolute Gasteiger partial charge is 0.494 e. The summed E-state index contributed by atoms with van der Waals surface area (Å²) < 4.78 is 23.5.